The van der Waals surface area contributed by atoms with Gasteiger partial charge in [0.05, 0.1) is 6.10 Å². The van der Waals surface area contributed by atoms with E-state index in [0.717, 1.165) is 37.9 Å². The number of nitrogens with one attached hydrogen (secondary N) is 1. The fourth-order valence-corrected chi connectivity index (χ4v) is 3.33. The third kappa shape index (κ3) is 3.64. The van der Waals surface area contributed by atoms with Gasteiger partial charge >= 0.3 is 0 Å². The lowest BCUT2D eigenvalue weighted by Crippen LogP contribution is -2.39. The third-order valence-corrected chi connectivity index (χ3v) is 4.55. The first-order valence-electron chi connectivity index (χ1n) is 8.32. The van der Waals surface area contributed by atoms with Gasteiger partial charge in [-0.15, -0.1) is 0 Å². The summed E-state index contributed by atoms with van der Waals surface area (Å²) in [4.78, 5) is 11.5. The maximum atomic E-state index is 5.63. The molecule has 1 N–H and O–H groups in total. The Kier molecular flexibility index (Phi) is 4.91. The summed E-state index contributed by atoms with van der Waals surface area (Å²) in [7, 11) is 0. The molecule has 2 unspecified atom stereocenters. The number of piperidine rings is 1. The van der Waals surface area contributed by atoms with Crippen molar-refractivity contribution in [3.63, 3.8) is 0 Å². The molecule has 0 amide bonds. The minimum Gasteiger partial charge on any atom is -0.376 e. The van der Waals surface area contributed by atoms with Gasteiger partial charge < -0.3 is 15.0 Å². The lowest BCUT2D eigenvalue weighted by molar-refractivity contribution is 0.120. The van der Waals surface area contributed by atoms with Crippen molar-refractivity contribution >= 4 is 11.8 Å². The molecule has 2 saturated heterocycles. The molecule has 2 aliphatic heterocycles. The number of nitrogens with zero attached hydrogens (tertiary/aromatic N) is 3. The van der Waals surface area contributed by atoms with Crippen LogP contribution in [0.3, 0.4) is 0 Å². The van der Waals surface area contributed by atoms with Crippen LogP contribution in [0.4, 0.5) is 11.8 Å². The van der Waals surface area contributed by atoms with Crippen LogP contribution in [0.2, 0.25) is 0 Å². The van der Waals surface area contributed by atoms with Gasteiger partial charge in [-0.05, 0) is 44.6 Å². The summed E-state index contributed by atoms with van der Waals surface area (Å²) in [6, 6.07) is 2.66. The first-order chi connectivity index (χ1) is 10.4. The molecule has 2 atom stereocenters. The maximum absolute atomic E-state index is 5.63. The van der Waals surface area contributed by atoms with Crippen LogP contribution in [0, 0.1) is 0 Å². The number of anilines is 2. The van der Waals surface area contributed by atoms with Crippen LogP contribution in [0.5, 0.6) is 0 Å². The Morgan fingerprint density at radius 3 is 3.10 bits per heavy atom. The van der Waals surface area contributed by atoms with Crippen LogP contribution < -0.4 is 10.2 Å². The average Bonchev–Trinajstić information content (AvgIpc) is 3.06. The largest absolute Gasteiger partial charge is 0.376 e. The van der Waals surface area contributed by atoms with E-state index in [1.54, 1.807) is 0 Å². The molecule has 0 bridgehead atoms. The molecule has 116 valence electrons. The summed E-state index contributed by atoms with van der Waals surface area (Å²) in [5.41, 5.74) is 0. The molecule has 3 heterocycles. The van der Waals surface area contributed by atoms with Crippen molar-refractivity contribution in [2.24, 2.45) is 0 Å². The van der Waals surface area contributed by atoms with E-state index in [4.69, 9.17) is 9.72 Å². The van der Waals surface area contributed by atoms with E-state index in [0.29, 0.717) is 12.1 Å². The molecular formula is C16H26N4O. The van der Waals surface area contributed by atoms with E-state index in [2.05, 4.69) is 22.1 Å². The fraction of sp³-hybridized carbons (Fsp3) is 0.750. The molecule has 0 aliphatic carbocycles. The third-order valence-electron chi connectivity index (χ3n) is 4.55. The van der Waals surface area contributed by atoms with Crippen LogP contribution in [0.1, 0.15) is 45.4 Å². The highest BCUT2D eigenvalue weighted by Crippen LogP contribution is 2.25. The molecule has 2 fully saturated rings. The lowest BCUT2D eigenvalue weighted by Gasteiger charge is -2.36. The Morgan fingerprint density at radius 1 is 1.33 bits per heavy atom. The monoisotopic (exact) mass is 290 g/mol. The van der Waals surface area contributed by atoms with Crippen molar-refractivity contribution in [1.29, 1.82) is 0 Å². The summed E-state index contributed by atoms with van der Waals surface area (Å²) >= 11 is 0. The van der Waals surface area contributed by atoms with Crippen molar-refractivity contribution in [2.75, 3.05) is 29.9 Å². The quantitative estimate of drug-likeness (QED) is 0.903. The van der Waals surface area contributed by atoms with E-state index in [9.17, 15) is 0 Å². The van der Waals surface area contributed by atoms with Gasteiger partial charge in [0.15, 0.2) is 0 Å². The molecule has 3 rings (SSSR count). The van der Waals surface area contributed by atoms with E-state index >= 15 is 0 Å². The van der Waals surface area contributed by atoms with Gasteiger partial charge in [-0.25, -0.2) is 4.98 Å². The van der Waals surface area contributed by atoms with Gasteiger partial charge in [-0.3, -0.25) is 0 Å². The van der Waals surface area contributed by atoms with Crippen LogP contribution in [0.25, 0.3) is 0 Å². The predicted molar refractivity (Wildman–Crippen MR) is 84.8 cm³/mol. The zero-order valence-electron chi connectivity index (χ0n) is 12.9. The Labute approximate surface area is 127 Å². The predicted octanol–water partition coefficient (Wildman–Crippen LogP) is 2.84. The number of aromatic nitrogens is 2. The van der Waals surface area contributed by atoms with Gasteiger partial charge in [-0.2, -0.15) is 4.98 Å². The summed E-state index contributed by atoms with van der Waals surface area (Å²) in [5.74, 6) is 1.79. The van der Waals surface area contributed by atoms with Crippen LogP contribution in [0.15, 0.2) is 12.3 Å². The molecule has 1 aromatic heterocycles. The number of hydrogen-bond donors (Lipinski definition) is 1. The van der Waals surface area contributed by atoms with Crippen molar-refractivity contribution in [3.05, 3.63) is 12.3 Å². The van der Waals surface area contributed by atoms with E-state index in [1.165, 1.54) is 32.1 Å². The molecule has 0 spiro atoms. The number of hydrogen-bond acceptors (Lipinski definition) is 5. The highest BCUT2D eigenvalue weighted by atomic mass is 16.5. The lowest BCUT2D eigenvalue weighted by atomic mass is 10.0. The van der Waals surface area contributed by atoms with Gasteiger partial charge in [0.25, 0.3) is 0 Å². The first kappa shape index (κ1) is 14.6. The molecule has 5 heteroatoms. The molecule has 21 heavy (non-hydrogen) atoms. The van der Waals surface area contributed by atoms with Crippen LogP contribution in [-0.2, 0) is 4.74 Å². The van der Waals surface area contributed by atoms with Gasteiger partial charge in [0.1, 0.15) is 5.82 Å². The van der Waals surface area contributed by atoms with Crippen molar-refractivity contribution in [2.45, 2.75) is 57.6 Å². The molecule has 2 aliphatic rings. The van der Waals surface area contributed by atoms with Gasteiger partial charge in [0.2, 0.25) is 5.95 Å². The normalized spacial score (nSPS) is 26.0. The van der Waals surface area contributed by atoms with E-state index in [1.807, 2.05) is 12.3 Å². The second-order valence-electron chi connectivity index (χ2n) is 6.01. The summed E-state index contributed by atoms with van der Waals surface area (Å²) in [5, 5.41) is 3.33. The Balaban J connectivity index is 1.64. The van der Waals surface area contributed by atoms with Crippen molar-refractivity contribution in [3.8, 4) is 0 Å². The number of rotatable bonds is 5. The maximum Gasteiger partial charge on any atom is 0.224 e. The minimum absolute atomic E-state index is 0.315. The Morgan fingerprint density at radius 2 is 2.29 bits per heavy atom. The standard InChI is InChI=1S/C16H26N4O/c1-2-13-6-3-4-10-20(13)15-8-9-17-16(19-15)18-12-14-7-5-11-21-14/h8-9,13-14H,2-7,10-12H2,1H3,(H,17,18,19). The molecule has 5 nitrogen and oxygen atoms in total. The van der Waals surface area contributed by atoms with Crippen LogP contribution in [-0.4, -0.2) is 41.8 Å². The fourth-order valence-electron chi connectivity index (χ4n) is 3.33. The minimum atomic E-state index is 0.315. The zero-order chi connectivity index (χ0) is 14.5. The summed E-state index contributed by atoms with van der Waals surface area (Å²) in [6.45, 7) is 5.07. The van der Waals surface area contributed by atoms with E-state index < -0.39 is 0 Å². The molecule has 0 aromatic carbocycles. The highest BCUT2D eigenvalue weighted by Gasteiger charge is 2.22. The molecule has 0 saturated carbocycles. The molecule has 0 radical (unpaired) electrons. The number of ether oxygens (including phenoxy) is 1. The Hall–Kier alpha value is -1.36. The second kappa shape index (κ2) is 7.07. The van der Waals surface area contributed by atoms with Gasteiger partial charge in [0, 0.05) is 31.9 Å². The van der Waals surface area contributed by atoms with Crippen LogP contribution >= 0.6 is 0 Å². The van der Waals surface area contributed by atoms with E-state index in [-0.39, 0.29) is 0 Å². The average molecular weight is 290 g/mol. The summed E-state index contributed by atoms with van der Waals surface area (Å²) < 4.78 is 5.63. The van der Waals surface area contributed by atoms with Crippen molar-refractivity contribution in [1.82, 2.24) is 9.97 Å². The Bertz CT molecular complexity index is 448. The molecule has 1 aromatic rings. The van der Waals surface area contributed by atoms with Crippen molar-refractivity contribution < 1.29 is 4.74 Å². The first-order valence-corrected chi connectivity index (χ1v) is 8.32. The second-order valence-corrected chi connectivity index (χ2v) is 6.01. The summed E-state index contributed by atoms with van der Waals surface area (Å²) in [6.07, 6.45) is 9.54. The SMILES string of the molecule is CCC1CCCCN1c1ccnc(NCC2CCCO2)n1. The highest BCUT2D eigenvalue weighted by molar-refractivity contribution is 5.44. The smallest absolute Gasteiger partial charge is 0.224 e. The van der Waals surface area contributed by atoms with Gasteiger partial charge in [-0.1, -0.05) is 6.92 Å². The topological polar surface area (TPSA) is 50.3 Å². The zero-order valence-corrected chi connectivity index (χ0v) is 12.9. The molecular weight excluding hydrogens is 264 g/mol.